The van der Waals surface area contributed by atoms with Crippen molar-refractivity contribution in [2.45, 2.75) is 19.1 Å². The molecule has 0 saturated carbocycles. The molecule has 2 aromatic rings. The Balaban J connectivity index is 1.57. The molecule has 27 heavy (non-hydrogen) atoms. The molecule has 0 aromatic heterocycles. The van der Waals surface area contributed by atoms with Gasteiger partial charge in [0, 0.05) is 31.6 Å². The van der Waals surface area contributed by atoms with Crippen LogP contribution in [0.2, 0.25) is 5.02 Å². The first kappa shape index (κ1) is 20.1. The molecule has 0 radical (unpaired) electrons. The van der Waals surface area contributed by atoms with Crippen molar-refractivity contribution < 1.29 is 18.7 Å². The molecule has 1 atom stereocenters. The Morgan fingerprint density at radius 2 is 2.04 bits per heavy atom. The van der Waals surface area contributed by atoms with Gasteiger partial charge in [-0.1, -0.05) is 29.8 Å². The maximum absolute atomic E-state index is 13.8. The SMILES string of the molecule is O=C(Cl)CCN1CCOC(c2ccc(OCc3c(F)cccc3Cl)cc2)C1. The van der Waals surface area contributed by atoms with Crippen LogP contribution >= 0.6 is 23.2 Å². The van der Waals surface area contributed by atoms with Gasteiger partial charge in [0.2, 0.25) is 5.24 Å². The normalized spacial score (nSPS) is 17.7. The lowest BCUT2D eigenvalue weighted by atomic mass is 10.1. The number of ether oxygens (including phenoxy) is 2. The van der Waals surface area contributed by atoms with Gasteiger partial charge in [-0.25, -0.2) is 4.39 Å². The van der Waals surface area contributed by atoms with Gasteiger partial charge in [-0.05, 0) is 41.4 Å². The third-order valence-electron chi connectivity index (χ3n) is 4.47. The van der Waals surface area contributed by atoms with E-state index in [4.69, 9.17) is 32.7 Å². The lowest BCUT2D eigenvalue weighted by Crippen LogP contribution is -2.39. The highest BCUT2D eigenvalue weighted by atomic mass is 35.5. The van der Waals surface area contributed by atoms with Crippen molar-refractivity contribution >= 4 is 28.4 Å². The van der Waals surface area contributed by atoms with Gasteiger partial charge in [0.25, 0.3) is 0 Å². The third-order valence-corrected chi connectivity index (χ3v) is 5.01. The van der Waals surface area contributed by atoms with E-state index < -0.39 is 0 Å². The standard InChI is InChI=1S/C20H20Cl2FNO3/c21-17-2-1-3-18(23)16(17)13-27-15-6-4-14(5-7-15)19-12-24(10-11-26-19)9-8-20(22)25/h1-7,19H,8-13H2. The molecule has 4 nitrogen and oxygen atoms in total. The first-order valence-corrected chi connectivity index (χ1v) is 9.46. The summed E-state index contributed by atoms with van der Waals surface area (Å²) >= 11 is 11.4. The molecule has 144 valence electrons. The first-order chi connectivity index (χ1) is 13.0. The highest BCUT2D eigenvalue weighted by Crippen LogP contribution is 2.26. The zero-order valence-electron chi connectivity index (χ0n) is 14.7. The molecule has 1 heterocycles. The highest BCUT2D eigenvalue weighted by molar-refractivity contribution is 6.63. The van der Waals surface area contributed by atoms with Gasteiger partial charge < -0.3 is 9.47 Å². The molecule has 1 aliphatic heterocycles. The summed E-state index contributed by atoms with van der Waals surface area (Å²) in [4.78, 5) is 13.1. The largest absolute Gasteiger partial charge is 0.489 e. The van der Waals surface area contributed by atoms with Crippen molar-refractivity contribution in [2.24, 2.45) is 0 Å². The Hall–Kier alpha value is -1.66. The topological polar surface area (TPSA) is 38.8 Å². The minimum atomic E-state index is -0.384. The fraction of sp³-hybridized carbons (Fsp3) is 0.350. The Labute approximate surface area is 167 Å². The fourth-order valence-electron chi connectivity index (χ4n) is 2.96. The summed E-state index contributed by atoms with van der Waals surface area (Å²) in [6.45, 7) is 2.78. The third kappa shape index (κ3) is 5.66. The summed E-state index contributed by atoms with van der Waals surface area (Å²) in [5.74, 6) is 0.240. The molecule has 1 saturated heterocycles. The van der Waals surface area contributed by atoms with Crippen LogP contribution in [0.25, 0.3) is 0 Å². The van der Waals surface area contributed by atoms with E-state index in [-0.39, 0.29) is 23.8 Å². The number of carbonyl (C=O) groups excluding carboxylic acids is 1. The maximum Gasteiger partial charge on any atom is 0.222 e. The van der Waals surface area contributed by atoms with Gasteiger partial charge >= 0.3 is 0 Å². The van der Waals surface area contributed by atoms with Crippen LogP contribution in [0.5, 0.6) is 5.75 Å². The number of rotatable bonds is 7. The van der Waals surface area contributed by atoms with Gasteiger partial charge in [-0.15, -0.1) is 0 Å². The number of carbonyl (C=O) groups is 1. The average molecular weight is 412 g/mol. The second-order valence-electron chi connectivity index (χ2n) is 6.32. The molecule has 0 aliphatic carbocycles. The Kier molecular flexibility index (Phi) is 7.07. The molecule has 1 fully saturated rings. The summed E-state index contributed by atoms with van der Waals surface area (Å²) in [6.07, 6.45) is 0.263. The lowest BCUT2D eigenvalue weighted by Gasteiger charge is -2.32. The number of hydrogen-bond donors (Lipinski definition) is 0. The quantitative estimate of drug-likeness (QED) is 0.624. The van der Waals surface area contributed by atoms with Crippen molar-refractivity contribution in [2.75, 3.05) is 26.2 Å². The van der Waals surface area contributed by atoms with Crippen LogP contribution in [0, 0.1) is 5.82 Å². The van der Waals surface area contributed by atoms with E-state index in [1.807, 2.05) is 24.3 Å². The Morgan fingerprint density at radius 3 is 2.74 bits per heavy atom. The first-order valence-electron chi connectivity index (χ1n) is 8.71. The van der Waals surface area contributed by atoms with Crippen molar-refractivity contribution in [3.05, 3.63) is 64.4 Å². The van der Waals surface area contributed by atoms with E-state index in [0.717, 1.165) is 12.1 Å². The minimum Gasteiger partial charge on any atom is -0.489 e. The highest BCUT2D eigenvalue weighted by Gasteiger charge is 2.22. The Morgan fingerprint density at radius 1 is 1.26 bits per heavy atom. The number of morpholine rings is 1. The molecular weight excluding hydrogens is 392 g/mol. The summed E-state index contributed by atoms with van der Waals surface area (Å²) < 4.78 is 25.3. The van der Waals surface area contributed by atoms with Crippen LogP contribution in [0.4, 0.5) is 4.39 Å². The van der Waals surface area contributed by atoms with Gasteiger partial charge in [-0.2, -0.15) is 0 Å². The lowest BCUT2D eigenvalue weighted by molar-refractivity contribution is -0.112. The maximum atomic E-state index is 13.8. The van der Waals surface area contributed by atoms with E-state index in [2.05, 4.69) is 4.90 Å². The van der Waals surface area contributed by atoms with E-state index >= 15 is 0 Å². The van der Waals surface area contributed by atoms with Crippen LogP contribution < -0.4 is 4.74 Å². The van der Waals surface area contributed by atoms with Crippen molar-refractivity contribution in [1.82, 2.24) is 4.90 Å². The molecule has 1 unspecified atom stereocenters. The number of hydrogen-bond acceptors (Lipinski definition) is 4. The number of halogens is 3. The summed E-state index contributed by atoms with van der Waals surface area (Å²) in [6, 6.07) is 12.1. The molecule has 2 aromatic carbocycles. The minimum absolute atomic E-state index is 0.0605. The van der Waals surface area contributed by atoms with Gasteiger partial charge in [0.05, 0.1) is 17.7 Å². The molecule has 0 amide bonds. The molecular formula is C20H20Cl2FNO3. The molecule has 0 N–H and O–H groups in total. The molecule has 0 spiro atoms. The van der Waals surface area contributed by atoms with Crippen LogP contribution in [0.3, 0.4) is 0 Å². The molecule has 1 aliphatic rings. The summed E-state index contributed by atoms with van der Waals surface area (Å²) in [7, 11) is 0. The molecule has 7 heteroatoms. The van der Waals surface area contributed by atoms with Crippen LogP contribution in [0.15, 0.2) is 42.5 Å². The number of benzene rings is 2. The monoisotopic (exact) mass is 411 g/mol. The second-order valence-corrected chi connectivity index (χ2v) is 7.15. The zero-order chi connectivity index (χ0) is 19.2. The number of nitrogens with zero attached hydrogens (tertiary/aromatic N) is 1. The fourth-order valence-corrected chi connectivity index (χ4v) is 3.26. The Bertz CT molecular complexity index is 765. The molecule has 3 rings (SSSR count). The van der Waals surface area contributed by atoms with Gasteiger partial charge in [0.15, 0.2) is 0 Å². The van der Waals surface area contributed by atoms with Crippen LogP contribution in [0.1, 0.15) is 23.7 Å². The van der Waals surface area contributed by atoms with E-state index in [1.165, 1.54) is 6.07 Å². The average Bonchev–Trinajstić information content (AvgIpc) is 2.67. The summed E-state index contributed by atoms with van der Waals surface area (Å²) in [5, 5.41) is 0.0206. The van der Waals surface area contributed by atoms with Crippen molar-refractivity contribution in [3.8, 4) is 5.75 Å². The van der Waals surface area contributed by atoms with E-state index in [9.17, 15) is 9.18 Å². The predicted octanol–water partition coefficient (Wildman–Crippen LogP) is 4.59. The van der Waals surface area contributed by atoms with E-state index in [1.54, 1.807) is 12.1 Å². The van der Waals surface area contributed by atoms with Crippen LogP contribution in [-0.2, 0) is 16.1 Å². The second kappa shape index (κ2) is 9.51. The van der Waals surface area contributed by atoms with Gasteiger partial charge in [0.1, 0.15) is 18.2 Å². The van der Waals surface area contributed by atoms with Crippen molar-refractivity contribution in [3.63, 3.8) is 0 Å². The van der Waals surface area contributed by atoms with Crippen LogP contribution in [-0.4, -0.2) is 36.4 Å². The van der Waals surface area contributed by atoms with E-state index in [0.29, 0.717) is 42.5 Å². The predicted molar refractivity (Wildman–Crippen MR) is 103 cm³/mol. The summed E-state index contributed by atoms with van der Waals surface area (Å²) in [5.41, 5.74) is 1.36. The zero-order valence-corrected chi connectivity index (χ0v) is 16.2. The van der Waals surface area contributed by atoms with Gasteiger partial charge in [-0.3, -0.25) is 9.69 Å². The molecule has 0 bridgehead atoms. The smallest absolute Gasteiger partial charge is 0.222 e. The van der Waals surface area contributed by atoms with Crippen molar-refractivity contribution in [1.29, 1.82) is 0 Å².